The number of benzene rings is 3. The first-order valence-corrected chi connectivity index (χ1v) is 11.2. The van der Waals surface area contributed by atoms with E-state index in [1.54, 1.807) is 50.6 Å². The Morgan fingerprint density at radius 2 is 1.53 bits per heavy atom. The van der Waals surface area contributed by atoms with Crippen LogP contribution in [0.15, 0.2) is 63.9 Å². The van der Waals surface area contributed by atoms with Crippen LogP contribution in [0.25, 0.3) is 27.6 Å². The van der Waals surface area contributed by atoms with E-state index in [2.05, 4.69) is 15.9 Å². The van der Waals surface area contributed by atoms with Gasteiger partial charge < -0.3 is 19.9 Å². The summed E-state index contributed by atoms with van der Waals surface area (Å²) in [4.78, 5) is 27.0. The number of halogens is 1. The van der Waals surface area contributed by atoms with Crippen molar-refractivity contribution in [2.75, 3.05) is 27.1 Å². The molecule has 0 spiro atoms. The molecule has 0 atom stereocenters. The largest absolute Gasteiger partial charge is 0.495 e. The van der Waals surface area contributed by atoms with Gasteiger partial charge in [-0.15, -0.1) is 0 Å². The number of aryl methyl sites for hydroxylation is 1. The van der Waals surface area contributed by atoms with Crippen LogP contribution >= 0.6 is 15.9 Å². The highest BCUT2D eigenvalue weighted by Crippen LogP contribution is 2.42. The number of hydrogen-bond acceptors (Lipinski definition) is 6. The molecule has 0 aliphatic carbocycles. The second-order valence-corrected chi connectivity index (χ2v) is 8.48. The molecule has 0 aliphatic heterocycles. The lowest BCUT2D eigenvalue weighted by Crippen LogP contribution is -2.27. The number of nitrogen functional groups attached to an aromatic ring is 1. The van der Waals surface area contributed by atoms with Gasteiger partial charge in [0.1, 0.15) is 21.7 Å². The van der Waals surface area contributed by atoms with Gasteiger partial charge in [0.2, 0.25) is 0 Å². The molecule has 4 rings (SSSR count). The van der Waals surface area contributed by atoms with E-state index in [0.29, 0.717) is 49.2 Å². The highest BCUT2D eigenvalue weighted by molar-refractivity contribution is 9.10. The Morgan fingerprint density at radius 3 is 2.09 bits per heavy atom. The standard InChI is InChI=1S/C26H23BrN2O5/c1-14-5-10-18-19(11-14)25(30)29(17-8-6-16(28)7-9-17)24(26(31)34-4)22(18)15-12-20(32-2)23(27)21(13-15)33-3/h5-13H,28H2,1-4H3. The molecular weight excluding hydrogens is 500 g/mol. The number of pyridine rings is 1. The van der Waals surface area contributed by atoms with Gasteiger partial charge in [0.05, 0.1) is 21.3 Å². The molecule has 7 nitrogen and oxygen atoms in total. The summed E-state index contributed by atoms with van der Waals surface area (Å²) in [5.41, 5.74) is 8.68. The van der Waals surface area contributed by atoms with Crippen LogP contribution in [0.5, 0.6) is 11.5 Å². The van der Waals surface area contributed by atoms with Crippen LogP contribution in [0.4, 0.5) is 5.69 Å². The highest BCUT2D eigenvalue weighted by Gasteiger charge is 2.26. The van der Waals surface area contributed by atoms with Crippen LogP contribution in [0.1, 0.15) is 16.1 Å². The van der Waals surface area contributed by atoms with Gasteiger partial charge in [-0.1, -0.05) is 17.7 Å². The van der Waals surface area contributed by atoms with E-state index in [-0.39, 0.29) is 11.3 Å². The van der Waals surface area contributed by atoms with Crippen molar-refractivity contribution in [3.05, 3.63) is 80.7 Å². The first-order chi connectivity index (χ1) is 16.3. The Balaban J connectivity index is 2.26. The smallest absolute Gasteiger partial charge is 0.355 e. The number of methoxy groups -OCH3 is 3. The Morgan fingerprint density at radius 1 is 0.912 bits per heavy atom. The topological polar surface area (TPSA) is 92.8 Å². The summed E-state index contributed by atoms with van der Waals surface area (Å²) in [7, 11) is 4.37. The SMILES string of the molecule is COC(=O)c1c(-c2cc(OC)c(Br)c(OC)c2)c2ccc(C)cc2c(=O)n1-c1ccc(N)cc1. The molecule has 0 radical (unpaired) electrons. The van der Waals surface area contributed by atoms with E-state index < -0.39 is 5.97 Å². The molecule has 34 heavy (non-hydrogen) atoms. The molecule has 1 aromatic heterocycles. The molecule has 0 saturated heterocycles. The van der Waals surface area contributed by atoms with Gasteiger partial charge >= 0.3 is 5.97 Å². The molecule has 0 aliphatic rings. The van der Waals surface area contributed by atoms with Gasteiger partial charge in [-0.25, -0.2) is 4.79 Å². The summed E-state index contributed by atoms with van der Waals surface area (Å²) in [6.07, 6.45) is 0. The van der Waals surface area contributed by atoms with E-state index in [4.69, 9.17) is 19.9 Å². The number of aromatic nitrogens is 1. The molecular formula is C26H23BrN2O5. The zero-order valence-electron chi connectivity index (χ0n) is 19.1. The van der Waals surface area contributed by atoms with Crippen LogP contribution < -0.4 is 20.8 Å². The molecule has 0 saturated carbocycles. The molecule has 0 bridgehead atoms. The lowest BCUT2D eigenvalue weighted by Gasteiger charge is -2.20. The van der Waals surface area contributed by atoms with Gasteiger partial charge in [-0.3, -0.25) is 9.36 Å². The summed E-state index contributed by atoms with van der Waals surface area (Å²) in [6, 6.07) is 15.8. The first kappa shape index (κ1) is 23.4. The summed E-state index contributed by atoms with van der Waals surface area (Å²) < 4.78 is 18.2. The zero-order chi connectivity index (χ0) is 24.6. The first-order valence-electron chi connectivity index (χ1n) is 10.4. The zero-order valence-corrected chi connectivity index (χ0v) is 20.7. The quantitative estimate of drug-likeness (QED) is 0.289. The van der Waals surface area contributed by atoms with Crippen molar-refractivity contribution in [2.24, 2.45) is 0 Å². The van der Waals surface area contributed by atoms with Crippen LogP contribution in [0.3, 0.4) is 0 Å². The number of fused-ring (bicyclic) bond motifs is 1. The van der Waals surface area contributed by atoms with Gasteiger partial charge in [-0.2, -0.15) is 0 Å². The normalized spacial score (nSPS) is 10.9. The predicted octanol–water partition coefficient (Wildman–Crippen LogP) is 5.11. The Labute approximate surface area is 204 Å². The maximum absolute atomic E-state index is 13.8. The van der Waals surface area contributed by atoms with Crippen molar-refractivity contribution >= 4 is 38.4 Å². The fourth-order valence-corrected chi connectivity index (χ4v) is 4.53. The monoisotopic (exact) mass is 522 g/mol. The number of carbonyl (C=O) groups excluding carboxylic acids is 1. The third-order valence-corrected chi connectivity index (χ3v) is 6.38. The van der Waals surface area contributed by atoms with Gasteiger partial charge in [0.25, 0.3) is 5.56 Å². The fourth-order valence-electron chi connectivity index (χ4n) is 3.98. The van der Waals surface area contributed by atoms with Crippen molar-refractivity contribution in [2.45, 2.75) is 6.92 Å². The van der Waals surface area contributed by atoms with E-state index in [9.17, 15) is 9.59 Å². The van der Waals surface area contributed by atoms with Crippen LogP contribution in [0.2, 0.25) is 0 Å². The molecule has 4 aromatic rings. The third kappa shape index (κ3) is 3.90. The van der Waals surface area contributed by atoms with E-state index in [1.165, 1.54) is 11.7 Å². The van der Waals surface area contributed by atoms with Gasteiger partial charge in [0, 0.05) is 22.3 Å². The number of nitrogens with two attached hydrogens (primary N) is 1. The van der Waals surface area contributed by atoms with Crippen molar-refractivity contribution in [3.63, 3.8) is 0 Å². The Bertz CT molecular complexity index is 1450. The second kappa shape index (κ2) is 9.23. The van der Waals surface area contributed by atoms with Crippen LogP contribution in [-0.4, -0.2) is 31.9 Å². The number of hydrogen-bond donors (Lipinski definition) is 1. The molecule has 1 heterocycles. The summed E-state index contributed by atoms with van der Waals surface area (Å²) >= 11 is 3.49. The number of rotatable bonds is 5. The molecule has 0 unspecified atom stereocenters. The maximum Gasteiger partial charge on any atom is 0.355 e. The number of esters is 1. The van der Waals surface area contributed by atoms with Crippen molar-refractivity contribution in [1.29, 1.82) is 0 Å². The van der Waals surface area contributed by atoms with Crippen molar-refractivity contribution in [1.82, 2.24) is 4.57 Å². The average Bonchev–Trinajstić information content (AvgIpc) is 2.84. The number of ether oxygens (including phenoxy) is 3. The third-order valence-electron chi connectivity index (χ3n) is 5.60. The minimum Gasteiger partial charge on any atom is -0.495 e. The number of anilines is 1. The van der Waals surface area contributed by atoms with Crippen LogP contribution in [-0.2, 0) is 4.74 Å². The molecule has 0 amide bonds. The molecule has 0 fully saturated rings. The van der Waals surface area contributed by atoms with E-state index in [0.717, 1.165) is 5.56 Å². The lowest BCUT2D eigenvalue weighted by atomic mass is 9.95. The molecule has 8 heteroatoms. The van der Waals surface area contributed by atoms with Crippen molar-refractivity contribution < 1.29 is 19.0 Å². The van der Waals surface area contributed by atoms with Crippen LogP contribution in [0, 0.1) is 6.92 Å². The lowest BCUT2D eigenvalue weighted by molar-refractivity contribution is 0.0591. The summed E-state index contributed by atoms with van der Waals surface area (Å²) in [5, 5.41) is 1.06. The van der Waals surface area contributed by atoms with Gasteiger partial charge in [0.15, 0.2) is 0 Å². The summed E-state index contributed by atoms with van der Waals surface area (Å²) in [5.74, 6) is 0.360. The maximum atomic E-state index is 13.8. The molecule has 3 aromatic carbocycles. The minimum absolute atomic E-state index is 0.0834. The van der Waals surface area contributed by atoms with Gasteiger partial charge in [-0.05, 0) is 76.3 Å². The Hall–Kier alpha value is -3.78. The highest BCUT2D eigenvalue weighted by atomic mass is 79.9. The number of nitrogens with zero attached hydrogens (tertiary/aromatic N) is 1. The van der Waals surface area contributed by atoms with E-state index >= 15 is 0 Å². The summed E-state index contributed by atoms with van der Waals surface area (Å²) in [6.45, 7) is 1.91. The predicted molar refractivity (Wildman–Crippen MR) is 136 cm³/mol. The number of carbonyl (C=O) groups is 1. The Kier molecular flexibility index (Phi) is 6.34. The second-order valence-electron chi connectivity index (χ2n) is 7.69. The molecule has 2 N–H and O–H groups in total. The van der Waals surface area contributed by atoms with Crippen molar-refractivity contribution in [3.8, 4) is 28.3 Å². The molecule has 174 valence electrons. The fraction of sp³-hybridized carbons (Fsp3) is 0.154. The minimum atomic E-state index is -0.660. The van der Waals surface area contributed by atoms with E-state index in [1.807, 2.05) is 25.1 Å². The average molecular weight is 523 g/mol.